The highest BCUT2D eigenvalue weighted by atomic mass is 79.9. The van der Waals surface area contributed by atoms with Gasteiger partial charge in [0.05, 0.1) is 0 Å². The first kappa shape index (κ1) is 13.2. The second-order valence-corrected chi connectivity index (χ2v) is 4.68. The summed E-state index contributed by atoms with van der Waals surface area (Å²) in [7, 11) is 0. The number of alkyl halides is 1. The molecule has 1 aromatic rings. The van der Waals surface area contributed by atoms with Gasteiger partial charge in [-0.05, 0) is 43.5 Å². The van der Waals surface area contributed by atoms with Crippen molar-refractivity contribution in [1.29, 1.82) is 0 Å². The fourth-order valence-corrected chi connectivity index (χ4v) is 2.02. The molecule has 2 nitrogen and oxygen atoms in total. The number of hydrogen-bond acceptors (Lipinski definition) is 1. The molecule has 0 aromatic heterocycles. The van der Waals surface area contributed by atoms with Crippen molar-refractivity contribution in [2.45, 2.75) is 33.2 Å². The number of rotatable bonds is 4. The highest BCUT2D eigenvalue weighted by Crippen LogP contribution is 2.10. The van der Waals surface area contributed by atoms with Crippen LogP contribution < -0.4 is 5.32 Å². The molecule has 0 bridgehead atoms. The Morgan fingerprint density at radius 1 is 1.38 bits per heavy atom. The van der Waals surface area contributed by atoms with Gasteiger partial charge in [0.15, 0.2) is 0 Å². The van der Waals surface area contributed by atoms with Crippen LogP contribution in [0.15, 0.2) is 18.2 Å². The van der Waals surface area contributed by atoms with Gasteiger partial charge >= 0.3 is 0 Å². The molecule has 1 N–H and O–H groups in total. The Labute approximate surface area is 106 Å². The molecule has 1 aromatic carbocycles. The van der Waals surface area contributed by atoms with Gasteiger partial charge in [0.1, 0.15) is 0 Å². The zero-order chi connectivity index (χ0) is 12.1. The van der Waals surface area contributed by atoms with Crippen LogP contribution in [0.25, 0.3) is 0 Å². The van der Waals surface area contributed by atoms with Crippen molar-refractivity contribution in [2.75, 3.05) is 5.33 Å². The monoisotopic (exact) mass is 283 g/mol. The molecular formula is C13H18BrNO. The first-order chi connectivity index (χ1) is 7.58. The summed E-state index contributed by atoms with van der Waals surface area (Å²) in [5.74, 6) is 0.00870. The van der Waals surface area contributed by atoms with E-state index in [1.807, 2.05) is 32.0 Å². The summed E-state index contributed by atoms with van der Waals surface area (Å²) in [6, 6.07) is 6.00. The van der Waals surface area contributed by atoms with Crippen LogP contribution in [0, 0.1) is 13.8 Å². The van der Waals surface area contributed by atoms with Gasteiger partial charge in [-0.2, -0.15) is 0 Å². The van der Waals surface area contributed by atoms with E-state index in [9.17, 15) is 4.79 Å². The Morgan fingerprint density at radius 3 is 2.56 bits per heavy atom. The molecule has 3 heteroatoms. The minimum Gasteiger partial charge on any atom is -0.348 e. The quantitative estimate of drug-likeness (QED) is 0.845. The topological polar surface area (TPSA) is 29.1 Å². The summed E-state index contributed by atoms with van der Waals surface area (Å²) in [6.07, 6.45) is 0.932. The average molecular weight is 284 g/mol. The molecule has 0 aliphatic rings. The van der Waals surface area contributed by atoms with Crippen molar-refractivity contribution in [2.24, 2.45) is 0 Å². The van der Waals surface area contributed by atoms with E-state index in [4.69, 9.17) is 0 Å². The maximum atomic E-state index is 11.9. The third-order valence-corrected chi connectivity index (χ3v) is 3.56. The van der Waals surface area contributed by atoms with Gasteiger partial charge < -0.3 is 5.32 Å². The maximum absolute atomic E-state index is 11.9. The summed E-state index contributed by atoms with van der Waals surface area (Å²) in [5, 5.41) is 3.79. The zero-order valence-corrected chi connectivity index (χ0v) is 11.6. The summed E-state index contributed by atoms with van der Waals surface area (Å²) in [6.45, 7) is 6.13. The number of carbonyl (C=O) groups is 1. The van der Waals surface area contributed by atoms with Crippen LogP contribution in [0.3, 0.4) is 0 Å². The van der Waals surface area contributed by atoms with Crippen LogP contribution in [-0.2, 0) is 0 Å². The van der Waals surface area contributed by atoms with Crippen molar-refractivity contribution in [3.8, 4) is 0 Å². The Morgan fingerprint density at radius 2 is 2.06 bits per heavy atom. The number of amides is 1. The number of benzene rings is 1. The van der Waals surface area contributed by atoms with Crippen molar-refractivity contribution >= 4 is 21.8 Å². The van der Waals surface area contributed by atoms with Crippen LogP contribution >= 0.6 is 15.9 Å². The summed E-state index contributed by atoms with van der Waals surface area (Å²) < 4.78 is 0. The smallest absolute Gasteiger partial charge is 0.251 e. The molecule has 1 atom stereocenters. The van der Waals surface area contributed by atoms with E-state index in [1.165, 1.54) is 5.56 Å². The average Bonchev–Trinajstić information content (AvgIpc) is 2.29. The normalized spacial score (nSPS) is 12.2. The predicted octanol–water partition coefficient (Wildman–Crippen LogP) is 3.21. The molecule has 0 spiro atoms. The molecule has 1 unspecified atom stereocenters. The Bertz CT molecular complexity index is 372. The van der Waals surface area contributed by atoms with E-state index in [-0.39, 0.29) is 11.9 Å². The first-order valence-electron chi connectivity index (χ1n) is 5.52. The second kappa shape index (κ2) is 6.04. The molecule has 0 saturated carbocycles. The van der Waals surface area contributed by atoms with Crippen LogP contribution in [0.2, 0.25) is 0 Å². The van der Waals surface area contributed by atoms with Gasteiger partial charge in [0.25, 0.3) is 5.91 Å². The zero-order valence-electron chi connectivity index (χ0n) is 10.0. The standard InChI is InChI=1S/C13H18BrNO/c1-4-12(8-14)15-13(16)11-6-5-9(2)10(3)7-11/h5-7,12H,4,8H2,1-3H3,(H,15,16). The number of halogens is 1. The summed E-state index contributed by atoms with van der Waals surface area (Å²) in [5.41, 5.74) is 3.10. The Balaban J connectivity index is 2.76. The number of hydrogen-bond donors (Lipinski definition) is 1. The fraction of sp³-hybridized carbons (Fsp3) is 0.462. The van der Waals surface area contributed by atoms with Crippen LogP contribution in [0.1, 0.15) is 34.8 Å². The van der Waals surface area contributed by atoms with Gasteiger partial charge in [-0.1, -0.05) is 28.9 Å². The molecule has 0 radical (unpaired) electrons. The fourth-order valence-electron chi connectivity index (χ4n) is 1.40. The van der Waals surface area contributed by atoms with Crippen molar-refractivity contribution < 1.29 is 4.79 Å². The lowest BCUT2D eigenvalue weighted by Crippen LogP contribution is -2.35. The molecule has 0 fully saturated rings. The van der Waals surface area contributed by atoms with E-state index in [1.54, 1.807) is 0 Å². The van der Waals surface area contributed by atoms with E-state index in [2.05, 4.69) is 28.2 Å². The van der Waals surface area contributed by atoms with Crippen molar-refractivity contribution in [3.05, 3.63) is 34.9 Å². The molecule has 0 heterocycles. The molecule has 88 valence electrons. The van der Waals surface area contributed by atoms with Crippen molar-refractivity contribution in [3.63, 3.8) is 0 Å². The van der Waals surface area contributed by atoms with Crippen LogP contribution in [0.5, 0.6) is 0 Å². The third-order valence-electron chi connectivity index (χ3n) is 2.78. The molecule has 0 aliphatic carbocycles. The highest BCUT2D eigenvalue weighted by molar-refractivity contribution is 9.09. The first-order valence-corrected chi connectivity index (χ1v) is 6.64. The predicted molar refractivity (Wildman–Crippen MR) is 71.3 cm³/mol. The van der Waals surface area contributed by atoms with Gasteiger partial charge in [-0.15, -0.1) is 0 Å². The number of aryl methyl sites for hydroxylation is 2. The lowest BCUT2D eigenvalue weighted by Gasteiger charge is -2.14. The second-order valence-electron chi connectivity index (χ2n) is 4.03. The lowest BCUT2D eigenvalue weighted by atomic mass is 10.1. The minimum absolute atomic E-state index is 0.00870. The lowest BCUT2D eigenvalue weighted by molar-refractivity contribution is 0.0940. The Kier molecular flexibility index (Phi) is 5.00. The van der Waals surface area contributed by atoms with E-state index >= 15 is 0 Å². The number of nitrogens with one attached hydrogen (secondary N) is 1. The SMILES string of the molecule is CCC(CBr)NC(=O)c1ccc(C)c(C)c1. The molecule has 0 aliphatic heterocycles. The molecule has 0 saturated heterocycles. The Hall–Kier alpha value is -0.830. The minimum atomic E-state index is 0.00870. The largest absolute Gasteiger partial charge is 0.348 e. The van der Waals surface area contributed by atoms with E-state index in [0.717, 1.165) is 22.9 Å². The van der Waals surface area contributed by atoms with E-state index in [0.29, 0.717) is 0 Å². The van der Waals surface area contributed by atoms with Gasteiger partial charge in [-0.3, -0.25) is 4.79 Å². The van der Waals surface area contributed by atoms with Crippen molar-refractivity contribution in [1.82, 2.24) is 5.32 Å². The maximum Gasteiger partial charge on any atom is 0.251 e. The summed E-state index contributed by atoms with van der Waals surface area (Å²) >= 11 is 3.39. The third kappa shape index (κ3) is 3.34. The molecule has 16 heavy (non-hydrogen) atoms. The summed E-state index contributed by atoms with van der Waals surface area (Å²) in [4.78, 5) is 11.9. The molecule has 1 rings (SSSR count). The highest BCUT2D eigenvalue weighted by Gasteiger charge is 2.11. The van der Waals surface area contributed by atoms with Gasteiger partial charge in [-0.25, -0.2) is 0 Å². The molecule has 1 amide bonds. The van der Waals surface area contributed by atoms with Crippen LogP contribution in [0.4, 0.5) is 0 Å². The van der Waals surface area contributed by atoms with Gasteiger partial charge in [0, 0.05) is 16.9 Å². The molecular weight excluding hydrogens is 266 g/mol. The van der Waals surface area contributed by atoms with Crippen LogP contribution in [-0.4, -0.2) is 17.3 Å². The number of carbonyl (C=O) groups excluding carboxylic acids is 1. The van der Waals surface area contributed by atoms with E-state index < -0.39 is 0 Å². The van der Waals surface area contributed by atoms with Gasteiger partial charge in [0.2, 0.25) is 0 Å².